The summed E-state index contributed by atoms with van der Waals surface area (Å²) in [6.07, 6.45) is -0.0320. The number of amides is 3. The molecule has 0 heterocycles. The van der Waals surface area contributed by atoms with E-state index < -0.39 is 41.6 Å². The molecule has 194 valence electrons. The number of methoxy groups -OCH3 is 1. The Hall–Kier alpha value is -2.75. The molecule has 1 aliphatic rings. The third kappa shape index (κ3) is 7.62. The molecule has 10 heteroatoms. The van der Waals surface area contributed by atoms with Gasteiger partial charge in [-0.3, -0.25) is 14.4 Å². The van der Waals surface area contributed by atoms with E-state index in [4.69, 9.17) is 4.74 Å². The molecule has 0 saturated heterocycles. The number of nitrogens with zero attached hydrogens (tertiary/aromatic N) is 1. The molecule has 1 aromatic rings. The molecule has 1 fully saturated rings. The lowest BCUT2D eigenvalue weighted by Gasteiger charge is -2.35. The van der Waals surface area contributed by atoms with E-state index in [0.29, 0.717) is 12.0 Å². The van der Waals surface area contributed by atoms with Crippen LogP contribution in [0.4, 0.5) is 4.79 Å². The van der Waals surface area contributed by atoms with E-state index in [1.54, 1.807) is 26.8 Å². The Kier molecular flexibility index (Phi) is 9.60. The van der Waals surface area contributed by atoms with E-state index in [1.807, 2.05) is 32.9 Å². The molecule has 0 radical (unpaired) electrons. The molecule has 1 aromatic carbocycles. The van der Waals surface area contributed by atoms with Gasteiger partial charge < -0.3 is 25.0 Å². The van der Waals surface area contributed by atoms with Crippen molar-refractivity contribution in [2.24, 2.45) is 5.92 Å². The highest BCUT2D eigenvalue weighted by Crippen LogP contribution is 2.41. The quantitative estimate of drug-likeness (QED) is 0.350. The zero-order valence-electron chi connectivity index (χ0n) is 21.5. The monoisotopic (exact) mass is 507 g/mol. The highest BCUT2D eigenvalue weighted by atomic mass is 32.1. The molecule has 1 aliphatic carbocycles. The molecule has 1 saturated carbocycles. The Bertz CT molecular complexity index is 961. The van der Waals surface area contributed by atoms with E-state index in [0.717, 1.165) is 11.1 Å². The number of aryl methyl sites for hydroxylation is 1. The van der Waals surface area contributed by atoms with E-state index in [1.165, 1.54) is 12.0 Å². The fourth-order valence-corrected chi connectivity index (χ4v) is 4.05. The van der Waals surface area contributed by atoms with Crippen molar-refractivity contribution in [2.75, 3.05) is 19.4 Å². The van der Waals surface area contributed by atoms with Crippen molar-refractivity contribution in [1.29, 1.82) is 0 Å². The van der Waals surface area contributed by atoms with Crippen LogP contribution in [0.15, 0.2) is 18.2 Å². The van der Waals surface area contributed by atoms with E-state index in [9.17, 15) is 19.2 Å². The predicted octanol–water partition coefficient (Wildman–Crippen LogP) is 2.69. The number of benzene rings is 1. The maximum absolute atomic E-state index is 13.8. The second-order valence-electron chi connectivity index (χ2n) is 9.89. The summed E-state index contributed by atoms with van der Waals surface area (Å²) >= 11 is 4.29. The number of rotatable bonds is 9. The van der Waals surface area contributed by atoms with Gasteiger partial charge in [0.1, 0.15) is 24.2 Å². The number of thiol groups is 1. The van der Waals surface area contributed by atoms with E-state index in [-0.39, 0.29) is 24.3 Å². The van der Waals surface area contributed by atoms with Gasteiger partial charge in [-0.1, -0.05) is 25.1 Å². The topological polar surface area (TPSA) is 114 Å². The van der Waals surface area contributed by atoms with Crippen LogP contribution in [0.25, 0.3) is 0 Å². The highest BCUT2D eigenvalue weighted by Gasteiger charge is 2.48. The summed E-state index contributed by atoms with van der Waals surface area (Å²) in [6.45, 7) is 10.7. The number of nitrogens with one attached hydrogen (secondary N) is 2. The number of carbonyl (C=O) groups excluding carboxylic acids is 4. The van der Waals surface area contributed by atoms with Gasteiger partial charge in [0.2, 0.25) is 11.8 Å². The normalized spacial score (nSPS) is 18.6. The highest BCUT2D eigenvalue weighted by molar-refractivity contribution is 7.80. The standard InChI is InChI=1S/C25H37N3O6S/c1-14-9-8-10-17(16(14)3)21(22(30)26-12-20(29)33-7)28(19-11-15(19)2)23(31)18(13-35)27-24(32)34-25(4,5)6/h8-10,15,18-19,21,35H,11-13H2,1-7H3,(H,26,30)(H,27,32). The Morgan fingerprint density at radius 3 is 2.34 bits per heavy atom. The minimum absolute atomic E-state index is 0.0129. The van der Waals surface area contributed by atoms with Crippen LogP contribution in [-0.4, -0.2) is 65.9 Å². The van der Waals surface area contributed by atoms with Gasteiger partial charge in [0, 0.05) is 11.8 Å². The minimum Gasteiger partial charge on any atom is -0.468 e. The van der Waals surface area contributed by atoms with Crippen LogP contribution in [0, 0.1) is 19.8 Å². The number of carbonyl (C=O) groups is 4. The molecule has 0 bridgehead atoms. The molecule has 2 rings (SSSR count). The van der Waals surface area contributed by atoms with E-state index in [2.05, 4.69) is 28.0 Å². The van der Waals surface area contributed by atoms with Gasteiger partial charge in [0.25, 0.3) is 0 Å². The van der Waals surface area contributed by atoms with Gasteiger partial charge in [0.15, 0.2) is 0 Å². The van der Waals surface area contributed by atoms with Crippen molar-refractivity contribution in [3.05, 3.63) is 34.9 Å². The van der Waals surface area contributed by atoms with Crippen molar-refractivity contribution < 1.29 is 28.7 Å². The summed E-state index contributed by atoms with van der Waals surface area (Å²) in [7, 11) is 1.23. The number of esters is 1. The third-order valence-electron chi connectivity index (χ3n) is 5.95. The largest absolute Gasteiger partial charge is 0.468 e. The van der Waals surface area contributed by atoms with Gasteiger partial charge >= 0.3 is 12.1 Å². The van der Waals surface area contributed by atoms with Crippen LogP contribution in [0.5, 0.6) is 0 Å². The van der Waals surface area contributed by atoms with Gasteiger partial charge in [-0.25, -0.2) is 4.79 Å². The summed E-state index contributed by atoms with van der Waals surface area (Å²) in [5.74, 6) is -1.37. The average Bonchev–Trinajstić information content (AvgIpc) is 3.50. The predicted molar refractivity (Wildman–Crippen MR) is 135 cm³/mol. The maximum atomic E-state index is 13.8. The lowest BCUT2D eigenvalue weighted by molar-refractivity contribution is -0.145. The second kappa shape index (κ2) is 11.8. The van der Waals surface area contributed by atoms with Gasteiger partial charge in [0.05, 0.1) is 7.11 Å². The summed E-state index contributed by atoms with van der Waals surface area (Å²) in [5, 5.41) is 5.20. The number of hydrogen-bond donors (Lipinski definition) is 3. The molecule has 4 unspecified atom stereocenters. The average molecular weight is 508 g/mol. The Morgan fingerprint density at radius 2 is 1.83 bits per heavy atom. The molecular formula is C25H37N3O6S. The zero-order chi connectivity index (χ0) is 26.5. The third-order valence-corrected chi connectivity index (χ3v) is 6.32. The Labute approximate surface area is 212 Å². The second-order valence-corrected chi connectivity index (χ2v) is 10.3. The first-order valence-electron chi connectivity index (χ1n) is 11.6. The SMILES string of the molecule is COC(=O)CNC(=O)C(c1cccc(C)c1C)N(C(=O)C(CS)NC(=O)OC(C)(C)C)C1CC1C. The van der Waals surface area contributed by atoms with Crippen LogP contribution >= 0.6 is 12.6 Å². The first-order chi connectivity index (χ1) is 16.3. The molecule has 0 aromatic heterocycles. The molecule has 9 nitrogen and oxygen atoms in total. The van der Waals surface area contributed by atoms with Crippen molar-refractivity contribution in [1.82, 2.24) is 15.5 Å². The summed E-state index contributed by atoms with van der Waals surface area (Å²) < 4.78 is 9.96. The lowest BCUT2D eigenvalue weighted by atomic mass is 9.95. The molecule has 3 amide bonds. The van der Waals surface area contributed by atoms with Crippen LogP contribution in [0.1, 0.15) is 56.8 Å². The molecular weight excluding hydrogens is 470 g/mol. The van der Waals surface area contributed by atoms with Crippen LogP contribution in [0.2, 0.25) is 0 Å². The molecule has 35 heavy (non-hydrogen) atoms. The van der Waals surface area contributed by atoms with Crippen molar-refractivity contribution in [3.8, 4) is 0 Å². The van der Waals surface area contributed by atoms with Crippen LogP contribution < -0.4 is 10.6 Å². The molecule has 0 aliphatic heterocycles. The smallest absolute Gasteiger partial charge is 0.408 e. The first-order valence-corrected chi connectivity index (χ1v) is 12.3. The zero-order valence-corrected chi connectivity index (χ0v) is 22.4. The van der Waals surface area contributed by atoms with Gasteiger partial charge in [-0.15, -0.1) is 0 Å². The van der Waals surface area contributed by atoms with E-state index >= 15 is 0 Å². The number of hydrogen-bond acceptors (Lipinski definition) is 7. The molecule has 2 N–H and O–H groups in total. The van der Waals surface area contributed by atoms with Crippen LogP contribution in [0.3, 0.4) is 0 Å². The fourth-order valence-electron chi connectivity index (χ4n) is 3.80. The van der Waals surface area contributed by atoms with Crippen molar-refractivity contribution in [2.45, 2.75) is 71.7 Å². The van der Waals surface area contributed by atoms with Gasteiger partial charge in [-0.05, 0) is 63.6 Å². The minimum atomic E-state index is -1.01. The summed E-state index contributed by atoms with van der Waals surface area (Å²) in [6, 6.07) is 3.32. The number of alkyl carbamates (subject to hydrolysis) is 1. The Balaban J connectivity index is 2.47. The fraction of sp³-hybridized carbons (Fsp3) is 0.600. The Morgan fingerprint density at radius 1 is 1.20 bits per heavy atom. The van der Waals surface area contributed by atoms with Gasteiger partial charge in [-0.2, -0.15) is 12.6 Å². The first kappa shape index (κ1) is 28.5. The molecule has 4 atom stereocenters. The summed E-state index contributed by atoms with van der Waals surface area (Å²) in [4.78, 5) is 53.0. The van der Waals surface area contributed by atoms with Crippen molar-refractivity contribution >= 4 is 36.5 Å². The van der Waals surface area contributed by atoms with Crippen LogP contribution in [-0.2, 0) is 23.9 Å². The molecule has 0 spiro atoms. The summed E-state index contributed by atoms with van der Waals surface area (Å²) in [5.41, 5.74) is 1.73. The lowest BCUT2D eigenvalue weighted by Crippen LogP contribution is -2.55. The van der Waals surface area contributed by atoms with Crippen molar-refractivity contribution in [3.63, 3.8) is 0 Å². The number of ether oxygens (including phenoxy) is 2. The maximum Gasteiger partial charge on any atom is 0.408 e.